The summed E-state index contributed by atoms with van der Waals surface area (Å²) in [5, 5.41) is 2.46. The van der Waals surface area contributed by atoms with E-state index in [0.29, 0.717) is 5.56 Å². The van der Waals surface area contributed by atoms with Crippen molar-refractivity contribution >= 4 is 5.91 Å². The summed E-state index contributed by atoms with van der Waals surface area (Å²) in [4.78, 5) is 10.5. The van der Waals surface area contributed by atoms with Crippen LogP contribution in [0, 0.1) is 18.6 Å². The Morgan fingerprint density at radius 1 is 1.44 bits per heavy atom. The maximum absolute atomic E-state index is 13.4. The summed E-state index contributed by atoms with van der Waals surface area (Å²) in [7, 11) is 0. The highest BCUT2D eigenvalue weighted by Gasteiger charge is 2.12. The zero-order chi connectivity index (χ0) is 12.1. The molecular weight excluding hydrogens is 216 g/mol. The quantitative estimate of drug-likeness (QED) is 0.799. The second-order valence-electron chi connectivity index (χ2n) is 3.34. The number of aryl methyl sites for hydroxylation is 1. The second kappa shape index (κ2) is 5.44. The van der Waals surface area contributed by atoms with Gasteiger partial charge in [-0.25, -0.2) is 8.78 Å². The van der Waals surface area contributed by atoms with Crippen LogP contribution >= 0.6 is 0 Å². The molecule has 1 amide bonds. The largest absolute Gasteiger partial charge is 0.486 e. The van der Waals surface area contributed by atoms with Crippen LogP contribution in [-0.4, -0.2) is 19.1 Å². The van der Waals surface area contributed by atoms with Gasteiger partial charge < -0.3 is 10.1 Å². The standard InChI is InChI=1S/C11H13F2NO2/c1-7-3-4-9(12)11(10(7)13)16-6-5-14-8(2)15/h3-4H,5-6H2,1-2H3,(H,14,15). The molecule has 0 fully saturated rings. The summed E-state index contributed by atoms with van der Waals surface area (Å²) in [5.41, 5.74) is 0.316. The Balaban J connectivity index is 2.60. The summed E-state index contributed by atoms with van der Waals surface area (Å²) in [6.07, 6.45) is 0. The molecule has 0 bridgehead atoms. The molecule has 1 aromatic carbocycles. The molecule has 0 atom stereocenters. The lowest BCUT2D eigenvalue weighted by Gasteiger charge is -2.09. The van der Waals surface area contributed by atoms with Crippen LogP contribution in [0.25, 0.3) is 0 Å². The minimum absolute atomic E-state index is 0.0247. The van der Waals surface area contributed by atoms with Crippen molar-refractivity contribution in [3.05, 3.63) is 29.3 Å². The predicted octanol–water partition coefficient (Wildman–Crippen LogP) is 1.79. The van der Waals surface area contributed by atoms with Crippen molar-refractivity contribution in [1.29, 1.82) is 0 Å². The van der Waals surface area contributed by atoms with Crippen LogP contribution in [0.5, 0.6) is 5.75 Å². The van der Waals surface area contributed by atoms with Gasteiger partial charge in [0, 0.05) is 6.92 Å². The molecule has 1 N–H and O–H groups in total. The number of hydrogen-bond donors (Lipinski definition) is 1. The molecule has 5 heteroatoms. The van der Waals surface area contributed by atoms with E-state index in [4.69, 9.17) is 4.74 Å². The number of hydrogen-bond acceptors (Lipinski definition) is 2. The third kappa shape index (κ3) is 3.18. The minimum atomic E-state index is -0.745. The van der Waals surface area contributed by atoms with Gasteiger partial charge in [-0.3, -0.25) is 4.79 Å². The van der Waals surface area contributed by atoms with Crippen molar-refractivity contribution in [3.63, 3.8) is 0 Å². The van der Waals surface area contributed by atoms with E-state index >= 15 is 0 Å². The fourth-order valence-electron chi connectivity index (χ4n) is 1.14. The molecule has 0 radical (unpaired) electrons. The number of ether oxygens (including phenoxy) is 1. The molecule has 0 aliphatic carbocycles. The van der Waals surface area contributed by atoms with E-state index < -0.39 is 17.4 Å². The van der Waals surface area contributed by atoms with E-state index in [2.05, 4.69) is 5.32 Å². The molecule has 88 valence electrons. The van der Waals surface area contributed by atoms with Gasteiger partial charge in [-0.05, 0) is 18.6 Å². The van der Waals surface area contributed by atoms with E-state index in [1.807, 2.05) is 0 Å². The Morgan fingerprint density at radius 3 is 2.75 bits per heavy atom. The van der Waals surface area contributed by atoms with Crippen LogP contribution in [0.2, 0.25) is 0 Å². The SMILES string of the molecule is CC(=O)NCCOc1c(F)ccc(C)c1F. The molecule has 0 aliphatic rings. The first-order valence-corrected chi connectivity index (χ1v) is 4.84. The average molecular weight is 229 g/mol. The maximum Gasteiger partial charge on any atom is 0.216 e. The van der Waals surface area contributed by atoms with Gasteiger partial charge in [0.1, 0.15) is 6.61 Å². The molecule has 1 aromatic rings. The lowest BCUT2D eigenvalue weighted by Crippen LogP contribution is -2.25. The highest BCUT2D eigenvalue weighted by atomic mass is 19.1. The normalized spacial score (nSPS) is 10.0. The Labute approximate surface area is 92.4 Å². The molecule has 3 nitrogen and oxygen atoms in total. The maximum atomic E-state index is 13.4. The van der Waals surface area contributed by atoms with Gasteiger partial charge in [-0.2, -0.15) is 0 Å². The van der Waals surface area contributed by atoms with Crippen LogP contribution in [0.4, 0.5) is 8.78 Å². The lowest BCUT2D eigenvalue weighted by molar-refractivity contribution is -0.119. The second-order valence-corrected chi connectivity index (χ2v) is 3.34. The molecular formula is C11H13F2NO2. The number of amides is 1. The van der Waals surface area contributed by atoms with Crippen LogP contribution in [-0.2, 0) is 4.79 Å². The number of halogens is 2. The Morgan fingerprint density at radius 2 is 2.12 bits per heavy atom. The van der Waals surface area contributed by atoms with Gasteiger partial charge in [-0.1, -0.05) is 6.07 Å². The van der Waals surface area contributed by atoms with Crippen molar-refractivity contribution in [2.24, 2.45) is 0 Å². The molecule has 0 saturated carbocycles. The predicted molar refractivity (Wildman–Crippen MR) is 55.3 cm³/mol. The number of rotatable bonds is 4. The lowest BCUT2D eigenvalue weighted by atomic mass is 10.2. The van der Waals surface area contributed by atoms with Gasteiger partial charge >= 0.3 is 0 Å². The van der Waals surface area contributed by atoms with Gasteiger partial charge in [-0.15, -0.1) is 0 Å². The molecule has 16 heavy (non-hydrogen) atoms. The number of benzene rings is 1. The van der Waals surface area contributed by atoms with Crippen LogP contribution in [0.15, 0.2) is 12.1 Å². The van der Waals surface area contributed by atoms with E-state index in [1.54, 1.807) is 0 Å². The number of carbonyl (C=O) groups is 1. The fourth-order valence-corrected chi connectivity index (χ4v) is 1.14. The Bertz CT molecular complexity index is 394. The molecule has 0 unspecified atom stereocenters. The summed E-state index contributed by atoms with van der Waals surface area (Å²) in [5.74, 6) is -2.06. The first-order valence-electron chi connectivity index (χ1n) is 4.84. The molecule has 1 rings (SSSR count). The highest BCUT2D eigenvalue weighted by Crippen LogP contribution is 2.23. The molecule has 0 spiro atoms. The van der Waals surface area contributed by atoms with Gasteiger partial charge in [0.2, 0.25) is 5.91 Å². The Hall–Kier alpha value is -1.65. The third-order valence-electron chi connectivity index (χ3n) is 1.96. The summed E-state index contributed by atoms with van der Waals surface area (Å²) < 4.78 is 31.5. The Kier molecular flexibility index (Phi) is 4.22. The first kappa shape index (κ1) is 12.4. The average Bonchev–Trinajstić information content (AvgIpc) is 2.22. The van der Waals surface area contributed by atoms with E-state index in [9.17, 15) is 13.6 Å². The zero-order valence-corrected chi connectivity index (χ0v) is 9.14. The van der Waals surface area contributed by atoms with Crippen molar-refractivity contribution in [2.75, 3.05) is 13.2 Å². The van der Waals surface area contributed by atoms with Gasteiger partial charge in [0.05, 0.1) is 6.54 Å². The van der Waals surface area contributed by atoms with E-state index in [-0.39, 0.29) is 19.1 Å². The third-order valence-corrected chi connectivity index (χ3v) is 1.96. The molecule has 0 aromatic heterocycles. The summed E-state index contributed by atoms with van der Waals surface area (Å²) in [6, 6.07) is 2.48. The van der Waals surface area contributed by atoms with Gasteiger partial charge in [0.25, 0.3) is 0 Å². The van der Waals surface area contributed by atoms with Crippen LogP contribution in [0.1, 0.15) is 12.5 Å². The van der Waals surface area contributed by atoms with E-state index in [0.717, 1.165) is 6.07 Å². The topological polar surface area (TPSA) is 38.3 Å². The highest BCUT2D eigenvalue weighted by molar-refractivity contribution is 5.72. The van der Waals surface area contributed by atoms with Crippen molar-refractivity contribution in [2.45, 2.75) is 13.8 Å². The first-order chi connectivity index (χ1) is 7.52. The fraction of sp³-hybridized carbons (Fsp3) is 0.364. The molecule has 0 saturated heterocycles. The molecule has 0 aliphatic heterocycles. The van der Waals surface area contributed by atoms with Crippen LogP contribution in [0.3, 0.4) is 0 Å². The van der Waals surface area contributed by atoms with Crippen molar-refractivity contribution in [3.8, 4) is 5.75 Å². The minimum Gasteiger partial charge on any atom is -0.486 e. The smallest absolute Gasteiger partial charge is 0.216 e. The monoisotopic (exact) mass is 229 g/mol. The number of carbonyl (C=O) groups excluding carboxylic acids is 1. The molecule has 0 heterocycles. The van der Waals surface area contributed by atoms with Crippen LogP contribution < -0.4 is 10.1 Å². The van der Waals surface area contributed by atoms with E-state index in [1.165, 1.54) is 19.9 Å². The zero-order valence-electron chi connectivity index (χ0n) is 9.14. The number of nitrogens with one attached hydrogen (secondary N) is 1. The van der Waals surface area contributed by atoms with Crippen molar-refractivity contribution in [1.82, 2.24) is 5.32 Å². The summed E-state index contributed by atoms with van der Waals surface area (Å²) >= 11 is 0. The summed E-state index contributed by atoms with van der Waals surface area (Å²) in [6.45, 7) is 3.11. The van der Waals surface area contributed by atoms with Crippen molar-refractivity contribution < 1.29 is 18.3 Å². The van der Waals surface area contributed by atoms with Gasteiger partial charge in [0.15, 0.2) is 17.4 Å².